The second-order valence-corrected chi connectivity index (χ2v) is 25.3. The minimum Gasteiger partial charge on any atom is -0.491 e. The molecule has 3 aliphatic rings. The van der Waals surface area contributed by atoms with Crippen molar-refractivity contribution in [2.75, 3.05) is 52.9 Å². The first-order valence-electron chi connectivity index (χ1n) is 28.5. The van der Waals surface area contributed by atoms with Crippen molar-refractivity contribution in [3.8, 4) is 73.6 Å². The molecule has 8 aromatic rings. The fourth-order valence-electron chi connectivity index (χ4n) is 11.4. The molecule has 8 aromatic carbocycles. The first-order chi connectivity index (χ1) is 39.9. The summed E-state index contributed by atoms with van der Waals surface area (Å²) in [6, 6.07) is 47.4. The molecule has 11 rings (SSSR count). The van der Waals surface area contributed by atoms with E-state index in [1.807, 2.05) is 132 Å². The Kier molecular flexibility index (Phi) is 16.5. The van der Waals surface area contributed by atoms with Gasteiger partial charge in [0, 0.05) is 5.56 Å². The Morgan fingerprint density at radius 1 is 0.458 bits per heavy atom. The van der Waals surface area contributed by atoms with Crippen LogP contribution in [-0.2, 0) is 19.2 Å². The second-order valence-electron chi connectivity index (χ2n) is 22.6. The maximum atomic E-state index is 16.3. The summed E-state index contributed by atoms with van der Waals surface area (Å²) in [7, 11) is -3.86. The molecule has 0 aromatic heterocycles. The number of aryl methyl sites for hydroxylation is 8. The quantitative estimate of drug-likeness (QED) is 0.0464. The third-order valence-electron chi connectivity index (χ3n) is 15.9. The van der Waals surface area contributed by atoms with Gasteiger partial charge in [-0.15, -0.1) is 0 Å². The second kappa shape index (κ2) is 24.0. The highest BCUT2D eigenvalue weighted by atomic mass is 31.2. The minimum absolute atomic E-state index is 0.0175. The van der Waals surface area contributed by atoms with Crippen LogP contribution in [0.3, 0.4) is 0 Å². The first kappa shape index (κ1) is 57.3. The molecule has 2 saturated heterocycles. The number of benzene rings is 8. The smallest absolute Gasteiger partial charge is 0.292 e. The maximum Gasteiger partial charge on any atom is 0.292 e. The highest BCUT2D eigenvalue weighted by molar-refractivity contribution is 7.69. The number of fused-ring (bicyclic) bond motifs is 3. The zero-order valence-electron chi connectivity index (χ0n) is 48.7. The van der Waals surface area contributed by atoms with Gasteiger partial charge < -0.3 is 52.6 Å². The number of aliphatic hydroxyl groups is 2. The molecular weight excluding hydrogens is 1060 g/mol. The topological polar surface area (TPSA) is 147 Å². The van der Waals surface area contributed by atoms with E-state index < -0.39 is 24.7 Å². The van der Waals surface area contributed by atoms with E-state index in [9.17, 15) is 10.2 Å². The number of hydrogen-bond donors (Lipinski definition) is 2. The van der Waals surface area contributed by atoms with Crippen molar-refractivity contribution in [2.24, 2.45) is 0 Å². The molecule has 3 aliphatic heterocycles. The Morgan fingerprint density at radius 3 is 1.16 bits per heavy atom. The lowest BCUT2D eigenvalue weighted by Gasteiger charge is -2.41. The summed E-state index contributed by atoms with van der Waals surface area (Å²) in [5.74, 6) is 4.83. The summed E-state index contributed by atoms with van der Waals surface area (Å²) >= 11 is 0. The zero-order chi connectivity index (χ0) is 58.2. The van der Waals surface area contributed by atoms with E-state index in [-0.39, 0.29) is 38.6 Å². The van der Waals surface area contributed by atoms with Gasteiger partial charge in [0.2, 0.25) is 0 Å². The van der Waals surface area contributed by atoms with Crippen LogP contribution >= 0.6 is 7.37 Å². The Bertz CT molecular complexity index is 3440. The van der Waals surface area contributed by atoms with Gasteiger partial charge in [0.25, 0.3) is 7.37 Å². The van der Waals surface area contributed by atoms with Gasteiger partial charge in [-0.25, -0.2) is 0 Å². The van der Waals surface area contributed by atoms with E-state index in [1.165, 1.54) is 0 Å². The third-order valence-corrected chi connectivity index (χ3v) is 19.1. The number of rotatable bonds is 23. The summed E-state index contributed by atoms with van der Waals surface area (Å²) in [6.07, 6.45) is -1.49. The van der Waals surface area contributed by atoms with Crippen LogP contribution in [0.4, 0.5) is 0 Å². The molecular formula is C70H73O12P. The third kappa shape index (κ3) is 12.3. The van der Waals surface area contributed by atoms with E-state index in [1.54, 1.807) is 0 Å². The standard InChI is InChI=1S/C70H73O12P/c1-42-26-50(52-30-46(5)68(47(6)31-52)80-40-60-38-76-60)27-43(2)66(42)78-36-56(71)34-74-58-22-18-54(19-23-58)70(9,83(73)65-17-13-11-15-63(65)62-14-10-12-16-64(62)82-83)55-20-24-59(25-21-55)75-35-57(72)37-79-67-44(3)28-51(29-45(67)4)53-32-48(7)69(49(8)33-53)81-41-61-39-77-61/h10-33,56-57,60-61,71-72H,34-41H2,1-9H3. The van der Waals surface area contributed by atoms with Crippen molar-refractivity contribution in [1.82, 2.24) is 0 Å². The van der Waals surface area contributed by atoms with Gasteiger partial charge in [0.1, 0.15) is 109 Å². The van der Waals surface area contributed by atoms with Crippen molar-refractivity contribution in [2.45, 2.75) is 91.9 Å². The summed E-state index contributed by atoms with van der Waals surface area (Å²) < 4.78 is 70.7. The van der Waals surface area contributed by atoms with Crippen LogP contribution in [0, 0.1) is 55.4 Å². The molecule has 13 heteroatoms. The molecule has 2 fully saturated rings. The predicted molar refractivity (Wildman–Crippen MR) is 325 cm³/mol. The molecule has 83 heavy (non-hydrogen) atoms. The Morgan fingerprint density at radius 2 is 0.783 bits per heavy atom. The van der Waals surface area contributed by atoms with Crippen molar-refractivity contribution in [1.29, 1.82) is 0 Å². The summed E-state index contributed by atoms with van der Waals surface area (Å²) in [6.45, 7) is 20.9. The molecule has 12 nitrogen and oxygen atoms in total. The van der Waals surface area contributed by atoms with Crippen LogP contribution in [0.1, 0.15) is 62.6 Å². The van der Waals surface area contributed by atoms with Crippen LogP contribution in [0.2, 0.25) is 0 Å². The summed E-state index contributed by atoms with van der Waals surface area (Å²) in [4.78, 5) is 0. The van der Waals surface area contributed by atoms with Crippen molar-refractivity contribution >= 4 is 12.7 Å². The van der Waals surface area contributed by atoms with Crippen molar-refractivity contribution < 1.29 is 57.2 Å². The SMILES string of the molecule is Cc1cc(-c2cc(C)c(OCC3CO3)c(C)c2)cc(C)c1OCC(O)COc1ccc(C(C)(c2ccc(OCC(O)COc3c(C)cc(-c4cc(C)c(OCC5CO5)c(C)c4)cc3C)cc2)P2(=O)Oc3ccccc3-c3ccccc32)cc1. The van der Waals surface area contributed by atoms with E-state index in [0.717, 1.165) is 125 Å². The maximum absolute atomic E-state index is 16.3. The Labute approximate surface area is 487 Å². The molecule has 3 heterocycles. The predicted octanol–water partition coefficient (Wildman–Crippen LogP) is 13.6. The Balaban J connectivity index is 0.754. The van der Waals surface area contributed by atoms with E-state index >= 15 is 4.57 Å². The number of ether oxygens (including phenoxy) is 8. The number of hydrogen-bond acceptors (Lipinski definition) is 12. The molecule has 0 aliphatic carbocycles. The average molecular weight is 1140 g/mol. The first-order valence-corrected chi connectivity index (χ1v) is 30.1. The van der Waals surface area contributed by atoms with Crippen LogP contribution in [0.15, 0.2) is 146 Å². The van der Waals surface area contributed by atoms with Gasteiger partial charge in [-0.05, 0) is 231 Å². The zero-order valence-corrected chi connectivity index (χ0v) is 49.6. The number of para-hydroxylation sites is 1. The van der Waals surface area contributed by atoms with Gasteiger partial charge in [-0.1, -0.05) is 60.7 Å². The molecule has 0 saturated carbocycles. The highest BCUT2D eigenvalue weighted by Gasteiger charge is 2.53. The van der Waals surface area contributed by atoms with Crippen LogP contribution < -0.4 is 38.2 Å². The van der Waals surface area contributed by atoms with Gasteiger partial charge in [-0.2, -0.15) is 0 Å². The molecule has 0 amide bonds. The number of epoxide rings is 2. The molecule has 5 unspecified atom stereocenters. The van der Waals surface area contributed by atoms with Crippen LogP contribution in [0.5, 0.6) is 40.2 Å². The lowest BCUT2D eigenvalue weighted by Crippen LogP contribution is -2.34. The van der Waals surface area contributed by atoms with Crippen LogP contribution in [-0.4, -0.2) is 87.5 Å². The van der Waals surface area contributed by atoms with E-state index in [0.29, 0.717) is 35.8 Å². The molecule has 0 radical (unpaired) electrons. The molecule has 0 spiro atoms. The molecule has 2 N–H and O–H groups in total. The van der Waals surface area contributed by atoms with Crippen molar-refractivity contribution in [3.63, 3.8) is 0 Å². The van der Waals surface area contributed by atoms with Gasteiger partial charge in [0.05, 0.1) is 18.5 Å². The lowest BCUT2D eigenvalue weighted by atomic mass is 9.92. The fourth-order valence-corrected chi connectivity index (χ4v) is 14.4. The van der Waals surface area contributed by atoms with Crippen molar-refractivity contribution in [3.05, 3.63) is 201 Å². The average Bonchev–Trinajstić information content (AvgIpc) is 2.21. The monoisotopic (exact) mass is 1140 g/mol. The molecule has 430 valence electrons. The summed E-state index contributed by atoms with van der Waals surface area (Å²) in [5.41, 5.74) is 15.6. The normalized spacial score (nSPS) is 18.1. The van der Waals surface area contributed by atoms with Crippen LogP contribution in [0.25, 0.3) is 33.4 Å². The van der Waals surface area contributed by atoms with Gasteiger partial charge >= 0.3 is 0 Å². The highest BCUT2D eigenvalue weighted by Crippen LogP contribution is 2.69. The number of aliphatic hydroxyl groups excluding tert-OH is 2. The molecule has 5 atom stereocenters. The minimum atomic E-state index is -3.86. The van der Waals surface area contributed by atoms with Gasteiger partial charge in [-0.3, -0.25) is 4.57 Å². The lowest BCUT2D eigenvalue weighted by molar-refractivity contribution is 0.0621. The largest absolute Gasteiger partial charge is 0.491 e. The van der Waals surface area contributed by atoms with Gasteiger partial charge in [0.15, 0.2) is 0 Å². The van der Waals surface area contributed by atoms with E-state index in [4.69, 9.17) is 42.4 Å². The van der Waals surface area contributed by atoms with E-state index in [2.05, 4.69) is 76.2 Å². The summed E-state index contributed by atoms with van der Waals surface area (Å²) in [5, 5.41) is 21.7. The Hall–Kier alpha value is -7.57. The fraction of sp³-hybridized carbons (Fsp3) is 0.314. The molecule has 0 bridgehead atoms.